The molecule has 2 aromatic heterocycles. The maximum atomic E-state index is 12.2. The number of rotatable bonds is 4. The Morgan fingerprint density at radius 2 is 1.81 bits per heavy atom. The van der Waals surface area contributed by atoms with Crippen LogP contribution in [0.2, 0.25) is 5.02 Å². The first-order chi connectivity index (χ1) is 12.7. The Hall–Kier alpha value is -2.41. The highest BCUT2D eigenvalue weighted by atomic mass is 35.5. The van der Waals surface area contributed by atoms with Crippen LogP contribution >= 0.6 is 11.6 Å². The summed E-state index contributed by atoms with van der Waals surface area (Å²) in [5, 5.41) is 2.68. The number of nitrogens with one attached hydrogen (secondary N) is 1. The minimum Gasteiger partial charge on any atom is -0.305 e. The molecule has 3 heterocycles. The number of benzene rings is 1. The number of carbonyl (C=O) groups excluding carboxylic acids is 1. The van der Waals surface area contributed by atoms with E-state index < -0.39 is 0 Å². The molecule has 3 aromatic rings. The Morgan fingerprint density at radius 1 is 1.04 bits per heavy atom. The smallest absolute Gasteiger partial charge is 0.265 e. The van der Waals surface area contributed by atoms with Crippen molar-refractivity contribution in [1.82, 2.24) is 24.7 Å². The predicted octanol–water partition coefficient (Wildman–Crippen LogP) is 2.45. The van der Waals surface area contributed by atoms with Gasteiger partial charge in [0.05, 0.1) is 10.7 Å². The molecule has 1 aliphatic heterocycles. The number of nitrogens with zero attached hydrogens (tertiary/aromatic N) is 4. The van der Waals surface area contributed by atoms with E-state index in [-0.39, 0.29) is 5.91 Å². The molecule has 0 aliphatic carbocycles. The normalized spacial score (nSPS) is 16.0. The number of fused-ring (bicyclic) bond motifs is 1. The third-order valence-corrected chi connectivity index (χ3v) is 4.74. The van der Waals surface area contributed by atoms with Crippen molar-refractivity contribution in [1.29, 1.82) is 0 Å². The maximum absolute atomic E-state index is 12.2. The van der Waals surface area contributed by atoms with Gasteiger partial charge in [0, 0.05) is 50.7 Å². The third kappa shape index (κ3) is 3.88. The van der Waals surface area contributed by atoms with Crippen LogP contribution in [0, 0.1) is 0 Å². The lowest BCUT2D eigenvalue weighted by molar-refractivity contribution is 0.0602. The Labute approximate surface area is 157 Å². The van der Waals surface area contributed by atoms with Gasteiger partial charge in [-0.1, -0.05) is 29.8 Å². The molecule has 7 heteroatoms. The van der Waals surface area contributed by atoms with Crippen LogP contribution in [0.1, 0.15) is 16.1 Å². The maximum Gasteiger partial charge on any atom is 0.265 e. The Balaban J connectivity index is 1.31. The highest BCUT2D eigenvalue weighted by Crippen LogP contribution is 2.13. The number of carbonyl (C=O) groups is 1. The molecule has 0 unspecified atom stereocenters. The van der Waals surface area contributed by atoms with Crippen LogP contribution in [0.25, 0.3) is 5.65 Å². The summed E-state index contributed by atoms with van der Waals surface area (Å²) >= 11 is 6.02. The monoisotopic (exact) mass is 369 g/mol. The zero-order chi connectivity index (χ0) is 17.9. The van der Waals surface area contributed by atoms with Crippen molar-refractivity contribution in [2.45, 2.75) is 6.54 Å². The summed E-state index contributed by atoms with van der Waals surface area (Å²) in [5.41, 5.74) is 5.58. The van der Waals surface area contributed by atoms with E-state index in [1.165, 1.54) is 0 Å². The molecule has 1 saturated heterocycles. The standard InChI is InChI=1S/C19H20ClN5O/c20-16-6-7-18-21-17(14-24(18)12-16)13-23-8-10-25(11-9-23)22-19(26)15-4-2-1-3-5-15/h1-7,12,14H,8-11,13H2,(H,22,26). The quantitative estimate of drug-likeness (QED) is 0.767. The van der Waals surface area contributed by atoms with E-state index >= 15 is 0 Å². The molecule has 1 aromatic carbocycles. The van der Waals surface area contributed by atoms with E-state index in [0.29, 0.717) is 10.6 Å². The molecular weight excluding hydrogens is 350 g/mol. The van der Waals surface area contributed by atoms with E-state index in [4.69, 9.17) is 11.6 Å². The molecule has 4 rings (SSSR count). The summed E-state index contributed by atoms with van der Waals surface area (Å²) in [6.07, 6.45) is 3.88. The number of pyridine rings is 1. The summed E-state index contributed by atoms with van der Waals surface area (Å²) in [5.74, 6) is -0.0590. The van der Waals surface area contributed by atoms with Crippen molar-refractivity contribution in [2.75, 3.05) is 26.2 Å². The van der Waals surface area contributed by atoms with Gasteiger partial charge in [-0.25, -0.2) is 9.99 Å². The second-order valence-corrected chi connectivity index (χ2v) is 6.85. The van der Waals surface area contributed by atoms with Crippen LogP contribution < -0.4 is 5.43 Å². The van der Waals surface area contributed by atoms with Crippen molar-refractivity contribution in [3.63, 3.8) is 0 Å². The summed E-state index contributed by atoms with van der Waals surface area (Å²) in [4.78, 5) is 19.2. The zero-order valence-electron chi connectivity index (χ0n) is 14.3. The number of aromatic nitrogens is 2. The van der Waals surface area contributed by atoms with E-state index in [1.54, 1.807) is 0 Å². The van der Waals surface area contributed by atoms with Gasteiger partial charge in [-0.2, -0.15) is 0 Å². The molecular formula is C19H20ClN5O. The highest BCUT2D eigenvalue weighted by molar-refractivity contribution is 6.30. The van der Waals surface area contributed by atoms with Gasteiger partial charge in [0.15, 0.2) is 0 Å². The second-order valence-electron chi connectivity index (χ2n) is 6.42. The Bertz CT molecular complexity index is 903. The van der Waals surface area contributed by atoms with Gasteiger partial charge >= 0.3 is 0 Å². The largest absolute Gasteiger partial charge is 0.305 e. The SMILES string of the molecule is O=C(NN1CCN(Cc2cn3cc(Cl)ccc3n2)CC1)c1ccccc1. The minimum atomic E-state index is -0.0590. The first-order valence-electron chi connectivity index (χ1n) is 8.64. The van der Waals surface area contributed by atoms with E-state index in [0.717, 1.165) is 44.1 Å². The molecule has 134 valence electrons. The van der Waals surface area contributed by atoms with Gasteiger partial charge in [0.2, 0.25) is 0 Å². The fourth-order valence-electron chi connectivity index (χ4n) is 3.14. The van der Waals surface area contributed by atoms with Crippen molar-refractivity contribution in [3.05, 3.63) is 71.1 Å². The molecule has 26 heavy (non-hydrogen) atoms. The molecule has 0 radical (unpaired) electrons. The van der Waals surface area contributed by atoms with Crippen LogP contribution in [-0.4, -0.2) is 51.4 Å². The fraction of sp³-hybridized carbons (Fsp3) is 0.263. The summed E-state index contributed by atoms with van der Waals surface area (Å²) in [6.45, 7) is 4.13. The number of hydrazine groups is 1. The number of piperazine rings is 1. The zero-order valence-corrected chi connectivity index (χ0v) is 15.1. The molecule has 6 nitrogen and oxygen atoms in total. The summed E-state index contributed by atoms with van der Waals surface area (Å²) in [6, 6.07) is 13.1. The summed E-state index contributed by atoms with van der Waals surface area (Å²) < 4.78 is 1.95. The van der Waals surface area contributed by atoms with Crippen LogP contribution in [0.3, 0.4) is 0 Å². The Morgan fingerprint density at radius 3 is 2.58 bits per heavy atom. The second kappa shape index (κ2) is 7.45. The molecule has 0 spiro atoms. The average Bonchev–Trinajstić information content (AvgIpc) is 3.05. The molecule has 0 bridgehead atoms. The van der Waals surface area contributed by atoms with Gasteiger partial charge in [-0.3, -0.25) is 15.1 Å². The van der Waals surface area contributed by atoms with Gasteiger partial charge in [0.25, 0.3) is 5.91 Å². The van der Waals surface area contributed by atoms with Crippen molar-refractivity contribution in [3.8, 4) is 0 Å². The van der Waals surface area contributed by atoms with Gasteiger partial charge < -0.3 is 4.40 Å². The van der Waals surface area contributed by atoms with E-state index in [2.05, 4.69) is 15.3 Å². The first-order valence-corrected chi connectivity index (χ1v) is 9.02. The lowest BCUT2D eigenvalue weighted by Gasteiger charge is -2.34. The fourth-order valence-corrected chi connectivity index (χ4v) is 3.31. The Kier molecular flexibility index (Phi) is 4.88. The molecule has 0 saturated carbocycles. The number of hydrogen-bond acceptors (Lipinski definition) is 4. The molecule has 1 fully saturated rings. The minimum absolute atomic E-state index is 0.0590. The summed E-state index contributed by atoms with van der Waals surface area (Å²) in [7, 11) is 0. The van der Waals surface area contributed by atoms with Crippen LogP contribution in [-0.2, 0) is 6.54 Å². The van der Waals surface area contributed by atoms with Crippen LogP contribution in [0.4, 0.5) is 0 Å². The lowest BCUT2D eigenvalue weighted by atomic mass is 10.2. The van der Waals surface area contributed by atoms with Gasteiger partial charge in [-0.05, 0) is 24.3 Å². The average molecular weight is 370 g/mol. The van der Waals surface area contributed by atoms with Crippen LogP contribution in [0.5, 0.6) is 0 Å². The van der Waals surface area contributed by atoms with Crippen molar-refractivity contribution in [2.24, 2.45) is 0 Å². The number of amides is 1. The molecule has 1 N–H and O–H groups in total. The predicted molar refractivity (Wildman–Crippen MR) is 101 cm³/mol. The molecule has 1 aliphatic rings. The third-order valence-electron chi connectivity index (χ3n) is 4.52. The number of halogens is 1. The van der Waals surface area contributed by atoms with Crippen molar-refractivity contribution < 1.29 is 4.79 Å². The topological polar surface area (TPSA) is 52.9 Å². The lowest BCUT2D eigenvalue weighted by Crippen LogP contribution is -2.53. The van der Waals surface area contributed by atoms with E-state index in [9.17, 15) is 4.79 Å². The van der Waals surface area contributed by atoms with E-state index in [1.807, 2.05) is 64.3 Å². The first kappa shape index (κ1) is 17.0. The van der Waals surface area contributed by atoms with Gasteiger partial charge in [-0.15, -0.1) is 0 Å². The van der Waals surface area contributed by atoms with Crippen LogP contribution in [0.15, 0.2) is 54.9 Å². The molecule has 0 atom stereocenters. The number of imidazole rings is 1. The van der Waals surface area contributed by atoms with Crippen molar-refractivity contribution >= 4 is 23.2 Å². The number of hydrogen-bond donors (Lipinski definition) is 1. The van der Waals surface area contributed by atoms with Gasteiger partial charge in [0.1, 0.15) is 5.65 Å². The molecule has 1 amide bonds. The highest BCUT2D eigenvalue weighted by Gasteiger charge is 2.19.